The van der Waals surface area contributed by atoms with Gasteiger partial charge in [-0.05, 0) is 68.3 Å². The molecular formula is C24H29N3O6. The van der Waals surface area contributed by atoms with Crippen LogP contribution in [0.1, 0.15) is 30.1 Å². The molecule has 9 nitrogen and oxygen atoms in total. The molecule has 0 spiro atoms. The molecule has 1 heterocycles. The van der Waals surface area contributed by atoms with E-state index >= 15 is 0 Å². The average molecular weight is 456 g/mol. The first kappa shape index (κ1) is 24.1. The lowest BCUT2D eigenvalue weighted by Crippen LogP contribution is -2.39. The molecule has 176 valence electrons. The fourth-order valence-electron chi connectivity index (χ4n) is 3.22. The first-order valence-electron chi connectivity index (χ1n) is 10.9. The minimum atomic E-state index is -0.716. The number of methoxy groups -OCH3 is 1. The third-order valence-corrected chi connectivity index (χ3v) is 5.09. The van der Waals surface area contributed by atoms with Crippen molar-refractivity contribution in [2.75, 3.05) is 32.1 Å². The summed E-state index contributed by atoms with van der Waals surface area (Å²) >= 11 is 0. The highest BCUT2D eigenvalue weighted by Crippen LogP contribution is 2.19. The van der Waals surface area contributed by atoms with Crippen LogP contribution in [-0.2, 0) is 14.3 Å². The molecule has 2 unspecified atom stereocenters. The summed E-state index contributed by atoms with van der Waals surface area (Å²) in [7, 11) is 1.58. The molecule has 0 aliphatic carbocycles. The van der Waals surface area contributed by atoms with Crippen LogP contribution in [0, 0.1) is 0 Å². The average Bonchev–Trinajstić information content (AvgIpc) is 3.37. The molecule has 0 radical (unpaired) electrons. The summed E-state index contributed by atoms with van der Waals surface area (Å²) in [4.78, 5) is 36.5. The van der Waals surface area contributed by atoms with Gasteiger partial charge < -0.3 is 30.2 Å². The third-order valence-electron chi connectivity index (χ3n) is 5.09. The van der Waals surface area contributed by atoms with Gasteiger partial charge in [0.05, 0.1) is 7.11 Å². The number of carbonyl (C=O) groups is 3. The van der Waals surface area contributed by atoms with Gasteiger partial charge in [-0.15, -0.1) is 0 Å². The summed E-state index contributed by atoms with van der Waals surface area (Å²) < 4.78 is 16.1. The second-order valence-corrected chi connectivity index (χ2v) is 7.55. The Bertz CT molecular complexity index is 940. The molecule has 0 bridgehead atoms. The Morgan fingerprint density at radius 1 is 1.00 bits per heavy atom. The summed E-state index contributed by atoms with van der Waals surface area (Å²) in [5, 5.41) is 8.26. The summed E-state index contributed by atoms with van der Waals surface area (Å²) in [5.74, 6) is 0.525. The smallest absolute Gasteiger partial charge is 0.265 e. The summed E-state index contributed by atoms with van der Waals surface area (Å²) in [6.07, 6.45) is 0.520. The molecule has 3 rings (SSSR count). The van der Waals surface area contributed by atoms with Crippen molar-refractivity contribution >= 4 is 23.4 Å². The number of anilines is 1. The van der Waals surface area contributed by atoms with Crippen LogP contribution in [0.3, 0.4) is 0 Å². The van der Waals surface area contributed by atoms with Crippen molar-refractivity contribution in [3.05, 3.63) is 54.1 Å². The molecule has 2 aromatic carbocycles. The largest absolute Gasteiger partial charge is 0.497 e. The molecular weight excluding hydrogens is 426 g/mol. The molecule has 0 aromatic heterocycles. The second-order valence-electron chi connectivity index (χ2n) is 7.55. The van der Waals surface area contributed by atoms with Crippen LogP contribution in [0.25, 0.3) is 0 Å². The normalized spacial score (nSPS) is 15.9. The zero-order valence-corrected chi connectivity index (χ0v) is 18.8. The Hall–Kier alpha value is -3.59. The predicted octanol–water partition coefficient (Wildman–Crippen LogP) is 2.13. The van der Waals surface area contributed by atoms with Crippen molar-refractivity contribution in [1.82, 2.24) is 10.6 Å². The van der Waals surface area contributed by atoms with Crippen molar-refractivity contribution < 1.29 is 28.6 Å². The van der Waals surface area contributed by atoms with E-state index in [0.29, 0.717) is 42.4 Å². The first-order valence-corrected chi connectivity index (χ1v) is 10.9. The highest BCUT2D eigenvalue weighted by Gasteiger charge is 2.22. The van der Waals surface area contributed by atoms with Crippen LogP contribution in [0.2, 0.25) is 0 Å². The first-order chi connectivity index (χ1) is 16.0. The molecule has 0 saturated carbocycles. The van der Waals surface area contributed by atoms with Gasteiger partial charge in [0.1, 0.15) is 17.6 Å². The maximum atomic E-state index is 12.4. The van der Waals surface area contributed by atoms with Crippen molar-refractivity contribution in [2.45, 2.75) is 32.0 Å². The van der Waals surface area contributed by atoms with Gasteiger partial charge in [-0.25, -0.2) is 0 Å². The zero-order valence-electron chi connectivity index (χ0n) is 18.8. The van der Waals surface area contributed by atoms with Crippen LogP contribution in [0.15, 0.2) is 48.5 Å². The highest BCUT2D eigenvalue weighted by molar-refractivity contribution is 5.96. The van der Waals surface area contributed by atoms with Crippen LogP contribution in [0.4, 0.5) is 5.69 Å². The van der Waals surface area contributed by atoms with Gasteiger partial charge in [0.25, 0.3) is 11.8 Å². The number of carbonyl (C=O) groups excluding carboxylic acids is 3. The van der Waals surface area contributed by atoms with Gasteiger partial charge in [-0.3, -0.25) is 14.4 Å². The monoisotopic (exact) mass is 455 g/mol. The van der Waals surface area contributed by atoms with Crippen molar-refractivity contribution in [2.24, 2.45) is 0 Å². The number of ether oxygens (including phenoxy) is 3. The van der Waals surface area contributed by atoms with Gasteiger partial charge in [0.2, 0.25) is 5.91 Å². The Labute approximate surface area is 192 Å². The molecule has 3 amide bonds. The number of amides is 3. The van der Waals surface area contributed by atoms with Crippen LogP contribution in [0.5, 0.6) is 11.5 Å². The van der Waals surface area contributed by atoms with Gasteiger partial charge >= 0.3 is 0 Å². The Morgan fingerprint density at radius 2 is 1.67 bits per heavy atom. The Balaban J connectivity index is 1.40. The predicted molar refractivity (Wildman–Crippen MR) is 122 cm³/mol. The van der Waals surface area contributed by atoms with E-state index in [1.165, 1.54) is 0 Å². The number of hydrogen-bond donors (Lipinski definition) is 3. The molecule has 1 aliphatic rings. The molecule has 9 heteroatoms. The maximum Gasteiger partial charge on any atom is 0.265 e. The minimum absolute atomic E-state index is 0.146. The second kappa shape index (κ2) is 11.9. The van der Waals surface area contributed by atoms with Gasteiger partial charge in [0, 0.05) is 30.9 Å². The number of nitrogens with one attached hydrogen (secondary N) is 3. The van der Waals surface area contributed by atoms with Crippen molar-refractivity contribution in [1.29, 1.82) is 0 Å². The third kappa shape index (κ3) is 7.21. The minimum Gasteiger partial charge on any atom is -0.497 e. The Kier molecular flexibility index (Phi) is 8.65. The van der Waals surface area contributed by atoms with E-state index in [1.807, 2.05) is 0 Å². The van der Waals surface area contributed by atoms with E-state index in [0.717, 1.165) is 12.8 Å². The number of hydrogen-bond acceptors (Lipinski definition) is 6. The summed E-state index contributed by atoms with van der Waals surface area (Å²) in [6, 6.07) is 13.5. The SMILES string of the molecule is COc1ccc(OC(C)C(=O)Nc2ccc(C(=O)NCCNC(=O)C3CCCO3)cc2)cc1. The molecule has 1 fully saturated rings. The van der Waals surface area contributed by atoms with Crippen LogP contribution < -0.4 is 25.4 Å². The standard InChI is InChI=1S/C24H29N3O6/c1-16(33-20-11-9-19(31-2)10-12-20)22(28)27-18-7-5-17(6-8-18)23(29)25-13-14-26-24(30)21-4-3-15-32-21/h5-12,16,21H,3-4,13-15H2,1-2H3,(H,25,29)(H,26,30)(H,27,28). The molecule has 1 saturated heterocycles. The fourth-order valence-corrected chi connectivity index (χ4v) is 3.22. The van der Waals surface area contributed by atoms with Crippen LogP contribution in [-0.4, -0.2) is 56.7 Å². The lowest BCUT2D eigenvalue weighted by molar-refractivity contribution is -0.130. The summed E-state index contributed by atoms with van der Waals surface area (Å²) in [5.41, 5.74) is 0.992. The van der Waals surface area contributed by atoms with E-state index in [2.05, 4.69) is 16.0 Å². The van der Waals surface area contributed by atoms with Gasteiger partial charge in [-0.1, -0.05) is 0 Å². The Morgan fingerprint density at radius 3 is 2.30 bits per heavy atom. The van der Waals surface area contributed by atoms with E-state index in [4.69, 9.17) is 14.2 Å². The van der Waals surface area contributed by atoms with E-state index in [1.54, 1.807) is 62.6 Å². The lowest BCUT2D eigenvalue weighted by Gasteiger charge is -2.15. The van der Waals surface area contributed by atoms with Crippen LogP contribution >= 0.6 is 0 Å². The quantitative estimate of drug-likeness (QED) is 0.473. The molecule has 1 aliphatic heterocycles. The van der Waals surface area contributed by atoms with Crippen molar-refractivity contribution in [3.63, 3.8) is 0 Å². The zero-order chi connectivity index (χ0) is 23.6. The fraction of sp³-hybridized carbons (Fsp3) is 0.375. The van der Waals surface area contributed by atoms with E-state index in [9.17, 15) is 14.4 Å². The maximum absolute atomic E-state index is 12.4. The molecule has 33 heavy (non-hydrogen) atoms. The van der Waals surface area contributed by atoms with E-state index < -0.39 is 6.10 Å². The highest BCUT2D eigenvalue weighted by atomic mass is 16.5. The van der Waals surface area contributed by atoms with Crippen molar-refractivity contribution in [3.8, 4) is 11.5 Å². The van der Waals surface area contributed by atoms with E-state index in [-0.39, 0.29) is 23.8 Å². The molecule has 3 N–H and O–H groups in total. The lowest BCUT2D eigenvalue weighted by atomic mass is 10.2. The van der Waals surface area contributed by atoms with Gasteiger partial charge in [-0.2, -0.15) is 0 Å². The van der Waals surface area contributed by atoms with Gasteiger partial charge in [0.15, 0.2) is 6.10 Å². The topological polar surface area (TPSA) is 115 Å². The number of benzene rings is 2. The summed E-state index contributed by atoms with van der Waals surface area (Å²) in [6.45, 7) is 2.89. The molecule has 2 aromatic rings. The molecule has 2 atom stereocenters. The number of rotatable bonds is 10.